The lowest BCUT2D eigenvalue weighted by atomic mass is 10.3. The summed E-state index contributed by atoms with van der Waals surface area (Å²) in [6.45, 7) is 0.915. The van der Waals surface area contributed by atoms with E-state index in [1.165, 1.54) is 0 Å². The molecule has 2 N–H and O–H groups in total. The average Bonchev–Trinajstić information content (AvgIpc) is 2.86. The molecule has 18 heavy (non-hydrogen) atoms. The van der Waals surface area contributed by atoms with E-state index in [9.17, 15) is 8.42 Å². The first-order chi connectivity index (χ1) is 8.59. The average molecular weight is 272 g/mol. The zero-order valence-electron chi connectivity index (χ0n) is 9.91. The van der Waals surface area contributed by atoms with Gasteiger partial charge in [-0.05, 0) is 18.6 Å². The Morgan fingerprint density at radius 1 is 1.39 bits per heavy atom. The van der Waals surface area contributed by atoms with Crippen LogP contribution in [-0.4, -0.2) is 38.4 Å². The van der Waals surface area contributed by atoms with Crippen molar-refractivity contribution in [3.8, 4) is 5.75 Å². The highest BCUT2D eigenvalue weighted by molar-refractivity contribution is 7.88. The summed E-state index contributed by atoms with van der Waals surface area (Å²) in [5, 5.41) is 0. The van der Waals surface area contributed by atoms with Crippen LogP contribution in [0.25, 0.3) is 0 Å². The van der Waals surface area contributed by atoms with Gasteiger partial charge in [-0.2, -0.15) is 0 Å². The Morgan fingerprint density at radius 3 is 2.83 bits per heavy atom. The van der Waals surface area contributed by atoms with Gasteiger partial charge < -0.3 is 10.5 Å². The molecule has 1 aromatic carbocycles. The van der Waals surface area contributed by atoms with Crippen LogP contribution in [0.3, 0.4) is 0 Å². The molecule has 2 rings (SSSR count). The van der Waals surface area contributed by atoms with Crippen LogP contribution >= 0.6 is 0 Å². The van der Waals surface area contributed by atoms with Crippen molar-refractivity contribution >= 4 is 15.7 Å². The largest absolute Gasteiger partial charge is 0.490 e. The standard InChI is InChI=1S/C11H16N2O4S/c12-10-4-1-2-5-11(10)16-8-9-18(14,15)13-6-3-7-17-13/h1-2,4-5H,3,6-9,12H2. The minimum absolute atomic E-state index is 0.0520. The van der Waals surface area contributed by atoms with Crippen molar-refractivity contribution in [1.29, 1.82) is 0 Å². The summed E-state index contributed by atoms with van der Waals surface area (Å²) < 4.78 is 30.0. The molecule has 0 bridgehead atoms. The second-order valence-corrected chi connectivity index (χ2v) is 5.89. The molecule has 0 saturated carbocycles. The lowest BCUT2D eigenvalue weighted by Crippen LogP contribution is -2.31. The Kier molecular flexibility index (Phi) is 4.05. The smallest absolute Gasteiger partial charge is 0.239 e. The van der Waals surface area contributed by atoms with E-state index in [1.54, 1.807) is 24.3 Å². The van der Waals surface area contributed by atoms with Crippen molar-refractivity contribution in [2.75, 3.05) is 31.2 Å². The molecule has 1 heterocycles. The van der Waals surface area contributed by atoms with Gasteiger partial charge in [0.05, 0.1) is 12.3 Å². The number of hydrogen-bond donors (Lipinski definition) is 1. The second-order valence-electron chi connectivity index (χ2n) is 3.92. The van der Waals surface area contributed by atoms with Crippen molar-refractivity contribution in [3.05, 3.63) is 24.3 Å². The molecule has 0 radical (unpaired) electrons. The van der Waals surface area contributed by atoms with Crippen molar-refractivity contribution in [2.45, 2.75) is 6.42 Å². The van der Waals surface area contributed by atoms with Gasteiger partial charge in [-0.25, -0.2) is 8.42 Å². The molecule has 0 amide bonds. The van der Waals surface area contributed by atoms with Gasteiger partial charge >= 0.3 is 0 Å². The summed E-state index contributed by atoms with van der Waals surface area (Å²) in [6.07, 6.45) is 0.728. The first kappa shape index (κ1) is 13.1. The summed E-state index contributed by atoms with van der Waals surface area (Å²) >= 11 is 0. The predicted molar refractivity (Wildman–Crippen MR) is 67.4 cm³/mol. The Labute approximate surface area is 106 Å². The van der Waals surface area contributed by atoms with Crippen LogP contribution in [0.5, 0.6) is 5.75 Å². The summed E-state index contributed by atoms with van der Waals surface area (Å²) in [5.74, 6) is 0.372. The van der Waals surface area contributed by atoms with Gasteiger partial charge in [-0.1, -0.05) is 16.6 Å². The fraction of sp³-hybridized carbons (Fsp3) is 0.455. The summed E-state index contributed by atoms with van der Waals surface area (Å²) in [4.78, 5) is 5.01. The summed E-state index contributed by atoms with van der Waals surface area (Å²) in [7, 11) is -3.40. The molecular weight excluding hydrogens is 256 g/mol. The van der Waals surface area contributed by atoms with E-state index >= 15 is 0 Å². The molecule has 1 saturated heterocycles. The molecule has 1 fully saturated rings. The lowest BCUT2D eigenvalue weighted by molar-refractivity contribution is -0.0286. The molecule has 1 aliphatic rings. The van der Waals surface area contributed by atoms with Crippen LogP contribution < -0.4 is 10.5 Å². The minimum Gasteiger partial charge on any atom is -0.490 e. The van der Waals surface area contributed by atoms with Crippen LogP contribution in [0.15, 0.2) is 24.3 Å². The quantitative estimate of drug-likeness (QED) is 0.794. The van der Waals surface area contributed by atoms with Gasteiger partial charge in [-0.3, -0.25) is 4.84 Å². The summed E-state index contributed by atoms with van der Waals surface area (Å²) in [6, 6.07) is 6.97. The molecule has 7 heteroatoms. The third kappa shape index (κ3) is 3.12. The van der Waals surface area contributed by atoms with Crippen molar-refractivity contribution in [1.82, 2.24) is 4.47 Å². The zero-order chi connectivity index (χ0) is 13.0. The Hall–Kier alpha value is -1.31. The molecule has 0 aliphatic carbocycles. The number of ether oxygens (including phenoxy) is 1. The molecular formula is C11H16N2O4S. The van der Waals surface area contributed by atoms with Gasteiger partial charge in [0.25, 0.3) is 0 Å². The molecule has 1 aliphatic heterocycles. The maximum Gasteiger partial charge on any atom is 0.239 e. The topological polar surface area (TPSA) is 81.9 Å². The maximum absolute atomic E-state index is 11.8. The number of anilines is 1. The van der Waals surface area contributed by atoms with Gasteiger partial charge in [0.15, 0.2) is 0 Å². The van der Waals surface area contributed by atoms with E-state index in [4.69, 9.17) is 15.3 Å². The normalized spacial score (nSPS) is 16.9. The summed E-state index contributed by atoms with van der Waals surface area (Å²) in [5.41, 5.74) is 6.18. The predicted octanol–water partition coefficient (Wildman–Crippen LogP) is 0.615. The Bertz CT molecular complexity index is 498. The number of hydroxylamine groups is 1. The monoisotopic (exact) mass is 272 g/mol. The molecule has 6 nitrogen and oxygen atoms in total. The van der Waals surface area contributed by atoms with Gasteiger partial charge in [0.1, 0.15) is 18.1 Å². The van der Waals surface area contributed by atoms with E-state index in [0.29, 0.717) is 24.6 Å². The third-order valence-corrected chi connectivity index (χ3v) is 4.14. The highest BCUT2D eigenvalue weighted by Gasteiger charge is 2.26. The van der Waals surface area contributed by atoms with E-state index in [0.717, 1.165) is 10.9 Å². The Balaban J connectivity index is 1.87. The number of rotatable bonds is 5. The van der Waals surface area contributed by atoms with Crippen LogP contribution in [0, 0.1) is 0 Å². The molecule has 0 aromatic heterocycles. The number of para-hydroxylation sites is 2. The maximum atomic E-state index is 11.8. The molecule has 1 aromatic rings. The first-order valence-corrected chi connectivity index (χ1v) is 7.31. The van der Waals surface area contributed by atoms with Gasteiger partial charge in [0, 0.05) is 6.54 Å². The first-order valence-electron chi connectivity index (χ1n) is 5.70. The van der Waals surface area contributed by atoms with E-state index in [2.05, 4.69) is 0 Å². The van der Waals surface area contributed by atoms with Gasteiger partial charge in [0.2, 0.25) is 10.0 Å². The number of nitrogen functional groups attached to an aromatic ring is 1. The highest BCUT2D eigenvalue weighted by Crippen LogP contribution is 2.20. The number of hydrogen-bond acceptors (Lipinski definition) is 5. The Morgan fingerprint density at radius 2 is 2.17 bits per heavy atom. The van der Waals surface area contributed by atoms with E-state index in [1.807, 2.05) is 0 Å². The number of benzene rings is 1. The number of nitrogens with two attached hydrogens (primary N) is 1. The fourth-order valence-electron chi connectivity index (χ4n) is 1.61. The van der Waals surface area contributed by atoms with Crippen LogP contribution in [0.1, 0.15) is 6.42 Å². The van der Waals surface area contributed by atoms with Crippen LogP contribution in [-0.2, 0) is 14.9 Å². The molecule has 100 valence electrons. The van der Waals surface area contributed by atoms with Gasteiger partial charge in [-0.15, -0.1) is 0 Å². The minimum atomic E-state index is -3.40. The molecule has 0 unspecified atom stereocenters. The fourth-order valence-corrected chi connectivity index (χ4v) is 2.75. The van der Waals surface area contributed by atoms with Crippen molar-refractivity contribution in [2.24, 2.45) is 0 Å². The van der Waals surface area contributed by atoms with Crippen molar-refractivity contribution in [3.63, 3.8) is 0 Å². The van der Waals surface area contributed by atoms with Crippen LogP contribution in [0.2, 0.25) is 0 Å². The van der Waals surface area contributed by atoms with E-state index < -0.39 is 10.0 Å². The number of sulfonamides is 1. The lowest BCUT2D eigenvalue weighted by Gasteiger charge is -2.14. The number of nitrogens with zero attached hydrogens (tertiary/aromatic N) is 1. The third-order valence-electron chi connectivity index (χ3n) is 2.55. The molecule has 0 spiro atoms. The SMILES string of the molecule is Nc1ccccc1OCCS(=O)(=O)N1CCCO1. The second kappa shape index (κ2) is 5.55. The highest BCUT2D eigenvalue weighted by atomic mass is 32.2. The molecule has 0 atom stereocenters. The van der Waals surface area contributed by atoms with Crippen LogP contribution in [0.4, 0.5) is 5.69 Å². The van der Waals surface area contributed by atoms with Crippen molar-refractivity contribution < 1.29 is 18.0 Å². The van der Waals surface area contributed by atoms with E-state index in [-0.39, 0.29) is 12.4 Å². The zero-order valence-corrected chi connectivity index (χ0v) is 10.7.